The maximum Gasteiger partial charge on any atom is 0.329 e. The molecular formula is C34H32ClF4N9O2S. The molecule has 51 heavy (non-hydrogen) atoms. The molecule has 4 aliphatic heterocycles. The number of fused-ring (bicyclic) bond motifs is 3. The minimum Gasteiger partial charge on any atom is -0.461 e. The standard InChI is InChI=1S/C34H32ClF4N9O2S/c35-21-10-20-26(25(39)24(21)19-2-3-22(37)28-27(19)42-30(40)51-28)43-31(50-16-34-4-1-7-48(34)12-18(36)11-34)44-29(20)45-8-5-33(6-9-45)14-47(15-33)32(49)46-13-23(38)41-17-46/h2-3,10,13,17-18H,1,4-9,11-12,14-16H2,(H2,40,42)/t18-,34+/m1/s1. The first-order valence-electron chi connectivity index (χ1n) is 16.8. The molecule has 266 valence electrons. The SMILES string of the molecule is Nc1nc2c(-c3c(Cl)cc4c(N5CCC6(CC5)CN(C(=O)n5cnc(F)c5)C6)nc(OC[C@@]56CCCN5C[C@H](F)C6)nc4c3F)ccc(F)c2s1. The Labute approximate surface area is 298 Å². The number of nitrogens with two attached hydrogens (primary N) is 1. The molecule has 9 rings (SSSR count). The number of hydrogen-bond donors (Lipinski definition) is 1. The minimum absolute atomic E-state index is 0.00119. The summed E-state index contributed by atoms with van der Waals surface area (Å²) in [5.41, 5.74) is 5.76. The zero-order chi connectivity index (χ0) is 35.2. The summed E-state index contributed by atoms with van der Waals surface area (Å²) in [7, 11) is 0. The summed E-state index contributed by atoms with van der Waals surface area (Å²) < 4.78 is 67.1. The van der Waals surface area contributed by atoms with Gasteiger partial charge in [0.2, 0.25) is 5.95 Å². The number of nitrogens with zero attached hydrogens (tertiary/aromatic N) is 8. The maximum absolute atomic E-state index is 16.9. The Morgan fingerprint density at radius 2 is 1.88 bits per heavy atom. The number of rotatable bonds is 5. The van der Waals surface area contributed by atoms with Crippen LogP contribution in [0.15, 0.2) is 30.7 Å². The second-order valence-corrected chi connectivity index (χ2v) is 15.6. The molecule has 2 atom stereocenters. The number of carbonyl (C=O) groups excluding carboxylic acids is 1. The first-order chi connectivity index (χ1) is 24.5. The zero-order valence-corrected chi connectivity index (χ0v) is 28.8. The van der Waals surface area contributed by atoms with Crippen LogP contribution >= 0.6 is 22.9 Å². The molecule has 0 radical (unpaired) electrons. The van der Waals surface area contributed by atoms with Gasteiger partial charge in [-0.2, -0.15) is 14.4 Å². The van der Waals surface area contributed by atoms with E-state index >= 15 is 4.39 Å². The van der Waals surface area contributed by atoms with Gasteiger partial charge in [-0.05, 0) is 50.4 Å². The molecule has 17 heteroatoms. The number of alkyl halides is 1. The van der Waals surface area contributed by atoms with Crippen molar-refractivity contribution < 1.29 is 27.1 Å². The smallest absolute Gasteiger partial charge is 0.329 e. The van der Waals surface area contributed by atoms with Crippen LogP contribution in [0.2, 0.25) is 5.02 Å². The number of carbonyl (C=O) groups is 1. The summed E-state index contributed by atoms with van der Waals surface area (Å²) in [5.74, 6) is -1.55. The van der Waals surface area contributed by atoms with E-state index in [-0.39, 0.29) is 61.1 Å². The van der Waals surface area contributed by atoms with Gasteiger partial charge in [-0.15, -0.1) is 0 Å². The fraction of sp³-hybridized carbons (Fsp3) is 0.441. The van der Waals surface area contributed by atoms with Crippen molar-refractivity contribution in [2.45, 2.75) is 43.8 Å². The number of likely N-dealkylation sites (tertiary alicyclic amines) is 1. The lowest BCUT2D eigenvalue weighted by molar-refractivity contribution is 0.0116. The molecular weight excluding hydrogens is 710 g/mol. The van der Waals surface area contributed by atoms with Crippen molar-refractivity contribution in [2.75, 3.05) is 56.5 Å². The topological polar surface area (TPSA) is 119 Å². The van der Waals surface area contributed by atoms with Crippen LogP contribution in [0.5, 0.6) is 6.01 Å². The predicted molar refractivity (Wildman–Crippen MR) is 184 cm³/mol. The fourth-order valence-corrected chi connectivity index (χ4v) is 9.59. The zero-order valence-electron chi connectivity index (χ0n) is 27.2. The normalized spacial score (nSPS) is 23.0. The van der Waals surface area contributed by atoms with Crippen LogP contribution in [-0.4, -0.2) is 97.9 Å². The van der Waals surface area contributed by atoms with Crippen LogP contribution in [0.1, 0.15) is 32.1 Å². The van der Waals surface area contributed by atoms with E-state index in [2.05, 4.69) is 19.9 Å². The number of piperidine rings is 1. The van der Waals surface area contributed by atoms with Gasteiger partial charge < -0.3 is 20.3 Å². The molecule has 5 aromatic rings. The van der Waals surface area contributed by atoms with Gasteiger partial charge in [-0.25, -0.2) is 27.9 Å². The van der Waals surface area contributed by atoms with E-state index in [0.717, 1.165) is 54.3 Å². The largest absolute Gasteiger partial charge is 0.461 e. The molecule has 7 heterocycles. The first kappa shape index (κ1) is 32.6. The Bertz CT molecular complexity index is 2220. The van der Waals surface area contributed by atoms with E-state index in [9.17, 15) is 18.0 Å². The molecule has 11 nitrogen and oxygen atoms in total. The summed E-state index contributed by atoms with van der Waals surface area (Å²) in [5, 5.41) is 0.573. The lowest BCUT2D eigenvalue weighted by Crippen LogP contribution is -2.62. The van der Waals surface area contributed by atoms with Crippen molar-refractivity contribution in [3.63, 3.8) is 0 Å². The van der Waals surface area contributed by atoms with Crippen molar-refractivity contribution in [1.29, 1.82) is 0 Å². The quantitative estimate of drug-likeness (QED) is 0.208. The van der Waals surface area contributed by atoms with Crippen LogP contribution in [0.4, 0.5) is 33.3 Å². The summed E-state index contributed by atoms with van der Waals surface area (Å²) in [4.78, 5) is 35.8. The second-order valence-electron chi connectivity index (χ2n) is 14.2. The van der Waals surface area contributed by atoms with Gasteiger partial charge in [-0.3, -0.25) is 9.47 Å². The highest BCUT2D eigenvalue weighted by Crippen LogP contribution is 2.46. The number of imidazole rings is 1. The van der Waals surface area contributed by atoms with Crippen molar-refractivity contribution in [3.05, 3.63) is 53.3 Å². The summed E-state index contributed by atoms with van der Waals surface area (Å²) in [6.07, 6.45) is 4.78. The third-order valence-electron chi connectivity index (χ3n) is 11.1. The Balaban J connectivity index is 1.06. The maximum atomic E-state index is 16.9. The van der Waals surface area contributed by atoms with Gasteiger partial charge in [0.15, 0.2) is 10.9 Å². The van der Waals surface area contributed by atoms with Gasteiger partial charge in [0.1, 0.15) is 36.3 Å². The number of anilines is 2. The van der Waals surface area contributed by atoms with Gasteiger partial charge in [0.05, 0.1) is 27.0 Å². The molecule has 4 saturated heterocycles. The number of thiazole rings is 1. The molecule has 2 N–H and O–H groups in total. The molecule has 1 amide bonds. The average Bonchev–Trinajstić information content (AvgIpc) is 3.87. The molecule has 1 spiro atoms. The van der Waals surface area contributed by atoms with Gasteiger partial charge >= 0.3 is 12.0 Å². The Hall–Kier alpha value is -4.28. The van der Waals surface area contributed by atoms with Crippen LogP contribution < -0.4 is 15.4 Å². The van der Waals surface area contributed by atoms with E-state index in [0.29, 0.717) is 50.3 Å². The van der Waals surface area contributed by atoms with Gasteiger partial charge in [-0.1, -0.05) is 22.9 Å². The molecule has 0 unspecified atom stereocenters. The van der Waals surface area contributed by atoms with E-state index in [4.69, 9.17) is 27.1 Å². The average molecular weight is 742 g/mol. The molecule has 4 aliphatic rings. The number of halogens is 5. The lowest BCUT2D eigenvalue weighted by Gasteiger charge is -2.53. The number of benzene rings is 2. The number of amides is 1. The van der Waals surface area contributed by atoms with Crippen molar-refractivity contribution in [2.24, 2.45) is 5.41 Å². The third kappa shape index (κ3) is 5.36. The van der Waals surface area contributed by atoms with Crippen LogP contribution in [0.25, 0.3) is 32.2 Å². The fourth-order valence-electron chi connectivity index (χ4n) is 8.53. The van der Waals surface area contributed by atoms with Gasteiger partial charge in [0, 0.05) is 61.1 Å². The van der Waals surface area contributed by atoms with Crippen molar-refractivity contribution in [1.82, 2.24) is 34.3 Å². The van der Waals surface area contributed by atoms with E-state index < -0.39 is 29.3 Å². The highest BCUT2D eigenvalue weighted by atomic mass is 35.5. The Morgan fingerprint density at radius 1 is 1.08 bits per heavy atom. The van der Waals surface area contributed by atoms with Crippen molar-refractivity contribution >= 4 is 61.0 Å². The van der Waals surface area contributed by atoms with E-state index in [1.165, 1.54) is 18.5 Å². The molecule has 4 fully saturated rings. The predicted octanol–water partition coefficient (Wildman–Crippen LogP) is 6.28. The third-order valence-corrected chi connectivity index (χ3v) is 12.3. The summed E-state index contributed by atoms with van der Waals surface area (Å²) >= 11 is 7.80. The van der Waals surface area contributed by atoms with Gasteiger partial charge in [0.25, 0.3) is 0 Å². The van der Waals surface area contributed by atoms with E-state index in [1.807, 2.05) is 4.90 Å². The second kappa shape index (κ2) is 11.9. The van der Waals surface area contributed by atoms with Crippen LogP contribution in [-0.2, 0) is 0 Å². The Kier molecular flexibility index (Phi) is 7.60. The molecule has 0 saturated carbocycles. The number of aromatic nitrogens is 5. The highest BCUT2D eigenvalue weighted by molar-refractivity contribution is 7.22. The first-order valence-corrected chi connectivity index (χ1v) is 18.0. The van der Waals surface area contributed by atoms with Crippen LogP contribution in [0, 0.1) is 23.0 Å². The minimum atomic E-state index is -0.948. The monoisotopic (exact) mass is 741 g/mol. The lowest BCUT2D eigenvalue weighted by atomic mass is 9.72. The number of nitrogen functional groups attached to an aromatic ring is 1. The Morgan fingerprint density at radius 3 is 2.65 bits per heavy atom. The van der Waals surface area contributed by atoms with Crippen LogP contribution in [0.3, 0.4) is 0 Å². The highest BCUT2D eigenvalue weighted by Gasteiger charge is 2.50. The molecule has 0 aliphatic carbocycles. The summed E-state index contributed by atoms with van der Waals surface area (Å²) in [6, 6.07) is 3.90. The molecule has 0 bridgehead atoms. The number of ether oxygens (including phenoxy) is 1. The molecule has 2 aromatic carbocycles. The molecule has 3 aromatic heterocycles. The number of hydrogen-bond acceptors (Lipinski definition) is 10. The van der Waals surface area contributed by atoms with Crippen molar-refractivity contribution in [3.8, 4) is 17.1 Å². The summed E-state index contributed by atoms with van der Waals surface area (Å²) in [6.45, 7) is 3.43. The van der Waals surface area contributed by atoms with E-state index in [1.54, 1.807) is 11.0 Å².